The first-order chi connectivity index (χ1) is 6.74. The summed E-state index contributed by atoms with van der Waals surface area (Å²) in [6.07, 6.45) is 3.03. The molecule has 0 aliphatic rings. The molecule has 76 valence electrons. The minimum atomic E-state index is 0.544. The van der Waals surface area contributed by atoms with Crippen molar-refractivity contribution in [3.63, 3.8) is 0 Å². The molecule has 14 heavy (non-hydrogen) atoms. The summed E-state index contributed by atoms with van der Waals surface area (Å²) in [6.45, 7) is 4.37. The molecule has 0 heterocycles. The second-order valence-electron chi connectivity index (χ2n) is 3.50. The van der Waals surface area contributed by atoms with Crippen LogP contribution in [-0.4, -0.2) is 24.3 Å². The molecule has 1 unspecified atom stereocenters. The summed E-state index contributed by atoms with van der Waals surface area (Å²) in [7, 11) is 2.06. The van der Waals surface area contributed by atoms with Crippen LogP contribution < -0.4 is 0 Å². The third-order valence-corrected chi connectivity index (χ3v) is 2.43. The van der Waals surface area contributed by atoms with E-state index >= 15 is 0 Å². The normalized spacial score (nSPS) is 13.1. The zero-order valence-corrected chi connectivity index (χ0v) is 9.14. The van der Waals surface area contributed by atoms with Crippen molar-refractivity contribution in [1.29, 1.82) is 0 Å². The van der Waals surface area contributed by atoms with Gasteiger partial charge in [-0.3, -0.25) is 0 Å². The summed E-state index contributed by atoms with van der Waals surface area (Å²) in [5.74, 6) is 0. The molecule has 0 aromatic heterocycles. The van der Waals surface area contributed by atoms with Gasteiger partial charge >= 0.3 is 0 Å². The molecule has 0 spiro atoms. The highest BCUT2D eigenvalue weighted by Gasteiger charge is 2.00. The second kappa shape index (κ2) is 5.43. The quantitative estimate of drug-likeness (QED) is 0.526. The van der Waals surface area contributed by atoms with Gasteiger partial charge in [0, 0.05) is 13.1 Å². The van der Waals surface area contributed by atoms with Gasteiger partial charge < -0.3 is 4.90 Å². The first-order valence-electron chi connectivity index (χ1n) is 5.05. The topological polar surface area (TPSA) is 15.6 Å². The molecule has 0 amide bonds. The molecular weight excluding hydrogens is 172 g/mol. The van der Waals surface area contributed by atoms with Crippen LogP contribution in [0.5, 0.6) is 0 Å². The van der Waals surface area contributed by atoms with Crippen molar-refractivity contribution in [3.8, 4) is 0 Å². The Morgan fingerprint density at radius 2 is 2.00 bits per heavy atom. The van der Waals surface area contributed by atoms with Crippen LogP contribution in [-0.2, 0) is 0 Å². The fourth-order valence-electron chi connectivity index (χ4n) is 1.07. The maximum atomic E-state index is 4.38. The van der Waals surface area contributed by atoms with Crippen LogP contribution in [0, 0.1) is 0 Å². The Labute approximate surface area is 86.3 Å². The van der Waals surface area contributed by atoms with Crippen molar-refractivity contribution in [2.45, 2.75) is 26.3 Å². The smallest absolute Gasteiger partial charge is 0.0912 e. The summed E-state index contributed by atoms with van der Waals surface area (Å²) in [5, 5.41) is 0. The van der Waals surface area contributed by atoms with Crippen LogP contribution in [0.4, 0.5) is 5.69 Å². The predicted octanol–water partition coefficient (Wildman–Crippen LogP) is 3.08. The molecule has 2 heteroatoms. The van der Waals surface area contributed by atoms with Gasteiger partial charge in [-0.1, -0.05) is 25.1 Å². The van der Waals surface area contributed by atoms with Gasteiger partial charge in [-0.15, -0.1) is 0 Å². The number of benzene rings is 1. The zero-order chi connectivity index (χ0) is 10.4. The number of aliphatic imine (C=N–C) groups is 1. The fraction of sp³-hybridized carbons (Fsp3) is 0.417. The van der Waals surface area contributed by atoms with Gasteiger partial charge in [0.05, 0.1) is 12.0 Å². The monoisotopic (exact) mass is 190 g/mol. The number of nitrogens with zero attached hydrogens (tertiary/aromatic N) is 2. The molecule has 0 saturated heterocycles. The van der Waals surface area contributed by atoms with Gasteiger partial charge in [0.1, 0.15) is 0 Å². The van der Waals surface area contributed by atoms with Gasteiger partial charge in [-0.05, 0) is 25.5 Å². The molecule has 0 N–H and O–H groups in total. The average Bonchev–Trinajstić information content (AvgIpc) is 2.26. The van der Waals surface area contributed by atoms with E-state index in [1.54, 1.807) is 0 Å². The first-order valence-corrected chi connectivity index (χ1v) is 5.05. The lowest BCUT2D eigenvalue weighted by molar-refractivity contribution is 0.391. The highest BCUT2D eigenvalue weighted by molar-refractivity contribution is 5.61. The maximum absolute atomic E-state index is 4.38. The maximum Gasteiger partial charge on any atom is 0.0912 e. The van der Waals surface area contributed by atoms with Crippen molar-refractivity contribution in [3.05, 3.63) is 30.3 Å². The van der Waals surface area contributed by atoms with Gasteiger partial charge in [0.25, 0.3) is 0 Å². The third kappa shape index (κ3) is 3.21. The lowest BCUT2D eigenvalue weighted by atomic mass is 10.2. The van der Waals surface area contributed by atoms with E-state index < -0.39 is 0 Å². The largest absolute Gasteiger partial charge is 0.363 e. The third-order valence-electron chi connectivity index (χ3n) is 2.43. The second-order valence-corrected chi connectivity index (χ2v) is 3.50. The summed E-state index contributed by atoms with van der Waals surface area (Å²) in [4.78, 5) is 6.51. The SMILES string of the molecule is CCC(C)N(C)C=Nc1ccccc1. The van der Waals surface area contributed by atoms with Crippen molar-refractivity contribution in [2.24, 2.45) is 4.99 Å². The van der Waals surface area contributed by atoms with Crippen LogP contribution in [0.2, 0.25) is 0 Å². The predicted molar refractivity (Wildman–Crippen MR) is 62.1 cm³/mol. The highest BCUT2D eigenvalue weighted by atomic mass is 15.1. The zero-order valence-electron chi connectivity index (χ0n) is 9.14. The minimum absolute atomic E-state index is 0.544. The van der Waals surface area contributed by atoms with Crippen molar-refractivity contribution >= 4 is 12.0 Å². The summed E-state index contributed by atoms with van der Waals surface area (Å²) >= 11 is 0. The van der Waals surface area contributed by atoms with Crippen molar-refractivity contribution in [2.75, 3.05) is 7.05 Å². The number of hydrogen-bond donors (Lipinski definition) is 0. The number of hydrogen-bond acceptors (Lipinski definition) is 1. The minimum Gasteiger partial charge on any atom is -0.363 e. The molecule has 0 aliphatic carbocycles. The van der Waals surface area contributed by atoms with E-state index in [2.05, 4.69) is 30.8 Å². The van der Waals surface area contributed by atoms with E-state index in [4.69, 9.17) is 0 Å². The van der Waals surface area contributed by atoms with E-state index in [0.29, 0.717) is 6.04 Å². The number of para-hydroxylation sites is 1. The Kier molecular flexibility index (Phi) is 4.17. The molecule has 1 aromatic carbocycles. The van der Waals surface area contributed by atoms with E-state index in [9.17, 15) is 0 Å². The van der Waals surface area contributed by atoms with Crippen molar-refractivity contribution < 1.29 is 0 Å². The first kappa shape index (κ1) is 10.8. The molecule has 0 aliphatic heterocycles. The molecule has 0 saturated carbocycles. The van der Waals surface area contributed by atoms with Crippen LogP contribution in [0.15, 0.2) is 35.3 Å². The van der Waals surface area contributed by atoms with Gasteiger partial charge in [0.15, 0.2) is 0 Å². The Morgan fingerprint density at radius 3 is 2.57 bits per heavy atom. The van der Waals surface area contributed by atoms with Crippen LogP contribution >= 0.6 is 0 Å². The van der Waals surface area contributed by atoms with E-state index in [1.165, 1.54) is 0 Å². The number of rotatable bonds is 4. The van der Waals surface area contributed by atoms with E-state index in [1.807, 2.05) is 36.7 Å². The molecule has 0 fully saturated rings. The van der Waals surface area contributed by atoms with Crippen LogP contribution in [0.3, 0.4) is 0 Å². The lowest BCUT2D eigenvalue weighted by Gasteiger charge is -2.20. The standard InChI is InChI=1S/C12H18N2/c1-4-11(2)14(3)10-13-12-8-6-5-7-9-12/h5-11H,4H2,1-3H3. The molecular formula is C12H18N2. The molecule has 0 radical (unpaired) electrons. The van der Waals surface area contributed by atoms with Gasteiger partial charge in [-0.25, -0.2) is 4.99 Å². The molecule has 0 bridgehead atoms. The van der Waals surface area contributed by atoms with Gasteiger partial charge in [0.2, 0.25) is 0 Å². The Hall–Kier alpha value is -1.31. The van der Waals surface area contributed by atoms with Gasteiger partial charge in [-0.2, -0.15) is 0 Å². The molecule has 1 aromatic rings. The van der Waals surface area contributed by atoms with E-state index in [0.717, 1.165) is 12.1 Å². The Morgan fingerprint density at radius 1 is 1.36 bits per heavy atom. The average molecular weight is 190 g/mol. The van der Waals surface area contributed by atoms with E-state index in [-0.39, 0.29) is 0 Å². The Bertz CT molecular complexity index is 280. The van der Waals surface area contributed by atoms with Crippen LogP contribution in [0.25, 0.3) is 0 Å². The molecule has 2 nitrogen and oxygen atoms in total. The van der Waals surface area contributed by atoms with Crippen molar-refractivity contribution in [1.82, 2.24) is 4.90 Å². The highest BCUT2D eigenvalue weighted by Crippen LogP contribution is 2.09. The summed E-state index contributed by atoms with van der Waals surface area (Å²) < 4.78 is 0. The van der Waals surface area contributed by atoms with Crippen LogP contribution in [0.1, 0.15) is 20.3 Å². The lowest BCUT2D eigenvalue weighted by Crippen LogP contribution is -2.26. The summed E-state index contributed by atoms with van der Waals surface area (Å²) in [5.41, 5.74) is 1.00. The molecule has 1 rings (SSSR count). The fourth-order valence-corrected chi connectivity index (χ4v) is 1.07. The Balaban J connectivity index is 2.56. The summed E-state index contributed by atoms with van der Waals surface area (Å²) in [6, 6.07) is 10.5. The molecule has 1 atom stereocenters.